The summed E-state index contributed by atoms with van der Waals surface area (Å²) < 4.78 is 0. The number of hydrogen-bond acceptors (Lipinski definition) is 0. The standard InChI is InChI=1S/C17H41P5/c1-16(2)17-15-19(3,4)12-11-18-20(5,6)13-14-21(7,8)22(17,9)10/h13-14,16-22H,15H2,1-10H3/b14-13-. The number of rotatable bonds is 1. The Balaban J connectivity index is 3.43. The van der Waals surface area contributed by atoms with Crippen molar-refractivity contribution in [2.75, 3.05) is 59.5 Å². The summed E-state index contributed by atoms with van der Waals surface area (Å²) in [5.74, 6) is 6.22. The minimum absolute atomic E-state index is 0.809. The third-order valence-electron chi connectivity index (χ3n) is 5.82. The van der Waals surface area contributed by atoms with Gasteiger partial charge in [0.2, 0.25) is 0 Å². The van der Waals surface area contributed by atoms with E-state index in [9.17, 15) is 0 Å². The molecule has 1 aliphatic rings. The fourth-order valence-electron chi connectivity index (χ4n) is 3.44. The van der Waals surface area contributed by atoms with Crippen molar-refractivity contribution < 1.29 is 0 Å². The predicted molar refractivity (Wildman–Crippen MR) is 129 cm³/mol. The molecule has 0 aromatic carbocycles. The molecule has 134 valence electrons. The zero-order valence-corrected chi connectivity index (χ0v) is 21.5. The molecule has 1 aliphatic heterocycles. The molecule has 2 unspecified atom stereocenters. The minimum atomic E-state index is -1.39. The summed E-state index contributed by atoms with van der Waals surface area (Å²) in [5, 5.41) is 0. The first-order valence-electron chi connectivity index (χ1n) is 8.70. The van der Waals surface area contributed by atoms with Gasteiger partial charge in [0.25, 0.3) is 0 Å². The molecule has 0 saturated heterocycles. The van der Waals surface area contributed by atoms with Gasteiger partial charge in [-0.2, -0.15) is 0 Å². The summed E-state index contributed by atoms with van der Waals surface area (Å²) in [6.45, 7) is 21.8. The summed E-state index contributed by atoms with van der Waals surface area (Å²) >= 11 is 0. The maximum absolute atomic E-state index is 3.80. The summed E-state index contributed by atoms with van der Waals surface area (Å²) in [6.07, 6.45) is 1.42. The van der Waals surface area contributed by atoms with Gasteiger partial charge in [-0.25, -0.2) is 0 Å². The second-order valence-electron chi connectivity index (χ2n) is 9.81. The van der Waals surface area contributed by atoms with Gasteiger partial charge in [0.15, 0.2) is 0 Å². The molecule has 0 aliphatic carbocycles. The van der Waals surface area contributed by atoms with Crippen molar-refractivity contribution in [3.63, 3.8) is 0 Å². The van der Waals surface area contributed by atoms with Crippen molar-refractivity contribution in [3.8, 4) is 11.3 Å². The fourth-order valence-corrected chi connectivity index (χ4v) is 26.4. The van der Waals surface area contributed by atoms with E-state index in [2.05, 4.69) is 90.1 Å². The Kier molecular flexibility index (Phi) is 7.20. The van der Waals surface area contributed by atoms with Crippen LogP contribution in [0.3, 0.4) is 0 Å². The molecule has 0 aromatic rings. The van der Waals surface area contributed by atoms with E-state index in [1.54, 1.807) is 0 Å². The molecule has 0 saturated carbocycles. The normalized spacial score (nSPS) is 37.7. The van der Waals surface area contributed by atoms with Crippen LogP contribution in [0.25, 0.3) is 0 Å². The summed E-state index contributed by atoms with van der Waals surface area (Å²) in [6, 6.07) is 0. The molecule has 0 spiro atoms. The van der Waals surface area contributed by atoms with E-state index in [4.69, 9.17) is 0 Å². The summed E-state index contributed by atoms with van der Waals surface area (Å²) in [7, 11) is -0.511. The van der Waals surface area contributed by atoms with Crippen molar-refractivity contribution in [1.82, 2.24) is 0 Å². The molecule has 0 radical (unpaired) electrons. The van der Waals surface area contributed by atoms with Crippen molar-refractivity contribution >= 4 is 36.4 Å². The molecule has 0 fully saturated rings. The van der Waals surface area contributed by atoms with Crippen LogP contribution < -0.4 is 0 Å². The number of hydrogen-bond donors (Lipinski definition) is 0. The van der Waals surface area contributed by atoms with E-state index in [-0.39, 0.29) is 0 Å². The topological polar surface area (TPSA) is 0 Å². The van der Waals surface area contributed by atoms with Crippen LogP contribution in [0, 0.1) is 17.2 Å². The summed E-state index contributed by atoms with van der Waals surface area (Å²) in [4.78, 5) is 0. The van der Waals surface area contributed by atoms with E-state index in [0.29, 0.717) is 0 Å². The molecular formula is C17H41P5. The molecule has 22 heavy (non-hydrogen) atoms. The van der Waals surface area contributed by atoms with Crippen LogP contribution in [0.15, 0.2) is 11.6 Å². The molecule has 5 heteroatoms. The second kappa shape index (κ2) is 7.36. The van der Waals surface area contributed by atoms with Crippen LogP contribution in [0.5, 0.6) is 0 Å². The monoisotopic (exact) mass is 400 g/mol. The average Bonchev–Trinajstić information content (AvgIpc) is 2.32. The fraction of sp³-hybridized carbons (Fsp3) is 0.765. The molecular weight excluding hydrogens is 359 g/mol. The van der Waals surface area contributed by atoms with Crippen LogP contribution in [-0.2, 0) is 0 Å². The first kappa shape index (κ1) is 21.5. The van der Waals surface area contributed by atoms with Gasteiger partial charge in [0, 0.05) is 0 Å². The summed E-state index contributed by atoms with van der Waals surface area (Å²) in [5.41, 5.74) is 8.39. The van der Waals surface area contributed by atoms with Crippen LogP contribution in [0.1, 0.15) is 13.8 Å². The Bertz CT molecular complexity index is 489. The van der Waals surface area contributed by atoms with Gasteiger partial charge >= 0.3 is 144 Å². The van der Waals surface area contributed by atoms with E-state index in [1.165, 1.54) is 6.16 Å². The molecule has 2 atom stereocenters. The molecule has 0 N–H and O–H groups in total. The molecule has 0 bridgehead atoms. The third-order valence-corrected chi connectivity index (χ3v) is 32.4. The SMILES string of the molecule is CC(C)C1C[PH](C)(C)C#CP[PH](C)(C)/C=C\[PH](C)(C)[PH]1(C)C. The van der Waals surface area contributed by atoms with Crippen molar-refractivity contribution in [2.45, 2.75) is 19.5 Å². The first-order valence-corrected chi connectivity index (χ1v) is 24.1. The van der Waals surface area contributed by atoms with Gasteiger partial charge in [0.1, 0.15) is 0 Å². The quantitative estimate of drug-likeness (QED) is 0.376. The molecule has 1 rings (SSSR count). The third kappa shape index (κ3) is 5.48. The zero-order valence-electron chi connectivity index (χ0n) is 16.5. The van der Waals surface area contributed by atoms with Gasteiger partial charge < -0.3 is 0 Å². The van der Waals surface area contributed by atoms with Crippen molar-refractivity contribution in [2.24, 2.45) is 5.92 Å². The Hall–Kier alpha value is 1.45. The van der Waals surface area contributed by atoms with Gasteiger partial charge in [-0.05, 0) is 0 Å². The van der Waals surface area contributed by atoms with Gasteiger partial charge in [-0.3, -0.25) is 0 Å². The first-order chi connectivity index (χ1) is 9.70. The van der Waals surface area contributed by atoms with Gasteiger partial charge in [0.05, 0.1) is 0 Å². The van der Waals surface area contributed by atoms with Crippen LogP contribution in [0.2, 0.25) is 0 Å². The van der Waals surface area contributed by atoms with E-state index >= 15 is 0 Å². The Labute approximate surface area is 144 Å². The molecule has 0 nitrogen and oxygen atoms in total. The van der Waals surface area contributed by atoms with E-state index in [1.807, 2.05) is 0 Å². The second-order valence-corrected chi connectivity index (χ2v) is 38.8. The van der Waals surface area contributed by atoms with Crippen LogP contribution in [0.4, 0.5) is 0 Å². The van der Waals surface area contributed by atoms with E-state index in [0.717, 1.165) is 19.8 Å². The van der Waals surface area contributed by atoms with E-state index < -0.39 is 28.1 Å². The van der Waals surface area contributed by atoms with Gasteiger partial charge in [-0.1, -0.05) is 0 Å². The van der Waals surface area contributed by atoms with Crippen LogP contribution in [-0.4, -0.2) is 65.1 Å². The van der Waals surface area contributed by atoms with Crippen molar-refractivity contribution in [1.29, 1.82) is 0 Å². The molecule has 0 amide bonds. The van der Waals surface area contributed by atoms with Gasteiger partial charge in [-0.15, -0.1) is 0 Å². The maximum atomic E-state index is 3.80. The van der Waals surface area contributed by atoms with Crippen molar-refractivity contribution in [3.05, 3.63) is 11.6 Å². The zero-order chi connectivity index (χ0) is 17.4. The predicted octanol–water partition coefficient (Wildman–Crippen LogP) is 5.96. The Morgan fingerprint density at radius 2 is 1.50 bits per heavy atom. The molecule has 1 heterocycles. The average molecular weight is 400 g/mol. The Morgan fingerprint density at radius 3 is 2.00 bits per heavy atom. The Morgan fingerprint density at radius 1 is 0.955 bits per heavy atom. The van der Waals surface area contributed by atoms with Crippen LogP contribution >= 0.6 is 36.4 Å². The molecule has 0 aromatic heterocycles.